The lowest BCUT2D eigenvalue weighted by Gasteiger charge is -2.07. The van der Waals surface area contributed by atoms with Crippen LogP contribution >= 0.6 is 0 Å². The molecule has 4 nitrogen and oxygen atoms in total. The standard InChI is InChI=1S/C13H14N2O2/c1-9-4-5-12(14)11(7-9)13(16)15-8-10-3-2-6-17-10/h2-7H,8,14H2,1H3,(H,15,16). The Kier molecular flexibility index (Phi) is 3.14. The Morgan fingerprint density at radius 3 is 2.94 bits per heavy atom. The summed E-state index contributed by atoms with van der Waals surface area (Å²) in [6.07, 6.45) is 1.57. The van der Waals surface area contributed by atoms with Crippen LogP contribution in [0.1, 0.15) is 21.7 Å². The molecule has 1 amide bonds. The molecule has 0 bridgehead atoms. The van der Waals surface area contributed by atoms with E-state index in [-0.39, 0.29) is 5.91 Å². The average molecular weight is 230 g/mol. The van der Waals surface area contributed by atoms with Gasteiger partial charge in [0.15, 0.2) is 0 Å². The number of anilines is 1. The van der Waals surface area contributed by atoms with Crippen LogP contribution in [0, 0.1) is 6.92 Å². The predicted octanol–water partition coefficient (Wildman–Crippen LogP) is 2.10. The molecular weight excluding hydrogens is 216 g/mol. The molecule has 88 valence electrons. The van der Waals surface area contributed by atoms with Crippen LogP contribution in [0.15, 0.2) is 41.0 Å². The molecule has 0 aliphatic heterocycles. The first-order valence-corrected chi connectivity index (χ1v) is 5.33. The summed E-state index contributed by atoms with van der Waals surface area (Å²) in [5.41, 5.74) is 7.73. The maximum Gasteiger partial charge on any atom is 0.253 e. The van der Waals surface area contributed by atoms with Gasteiger partial charge in [0.05, 0.1) is 18.4 Å². The van der Waals surface area contributed by atoms with E-state index in [9.17, 15) is 4.79 Å². The third kappa shape index (κ3) is 2.66. The molecule has 0 radical (unpaired) electrons. The summed E-state index contributed by atoms with van der Waals surface area (Å²) in [6.45, 7) is 2.28. The smallest absolute Gasteiger partial charge is 0.253 e. The Morgan fingerprint density at radius 1 is 1.41 bits per heavy atom. The zero-order valence-corrected chi connectivity index (χ0v) is 9.57. The number of rotatable bonds is 3. The van der Waals surface area contributed by atoms with Gasteiger partial charge in [0.1, 0.15) is 5.76 Å². The lowest BCUT2D eigenvalue weighted by atomic mass is 10.1. The summed E-state index contributed by atoms with van der Waals surface area (Å²) < 4.78 is 5.13. The van der Waals surface area contributed by atoms with Crippen LogP contribution in [0.25, 0.3) is 0 Å². The van der Waals surface area contributed by atoms with E-state index in [0.717, 1.165) is 5.56 Å². The molecule has 0 atom stereocenters. The van der Waals surface area contributed by atoms with E-state index in [2.05, 4.69) is 5.32 Å². The predicted molar refractivity (Wildman–Crippen MR) is 65.5 cm³/mol. The first-order valence-electron chi connectivity index (χ1n) is 5.33. The summed E-state index contributed by atoms with van der Waals surface area (Å²) >= 11 is 0. The fourth-order valence-corrected chi connectivity index (χ4v) is 1.54. The molecule has 17 heavy (non-hydrogen) atoms. The summed E-state index contributed by atoms with van der Waals surface area (Å²) in [4.78, 5) is 11.9. The van der Waals surface area contributed by atoms with Crippen LogP contribution in [0.2, 0.25) is 0 Å². The summed E-state index contributed by atoms with van der Waals surface area (Å²) in [5, 5.41) is 2.76. The van der Waals surface area contributed by atoms with Crippen molar-refractivity contribution in [3.63, 3.8) is 0 Å². The number of furan rings is 1. The quantitative estimate of drug-likeness (QED) is 0.793. The van der Waals surface area contributed by atoms with Gasteiger partial charge in [-0.1, -0.05) is 11.6 Å². The maximum absolute atomic E-state index is 11.9. The zero-order chi connectivity index (χ0) is 12.3. The molecule has 3 N–H and O–H groups in total. The lowest BCUT2D eigenvalue weighted by molar-refractivity contribution is 0.0949. The van der Waals surface area contributed by atoms with Crippen molar-refractivity contribution < 1.29 is 9.21 Å². The number of hydrogen-bond donors (Lipinski definition) is 2. The van der Waals surface area contributed by atoms with Crippen molar-refractivity contribution in [3.05, 3.63) is 53.5 Å². The van der Waals surface area contributed by atoms with Gasteiger partial charge in [0.2, 0.25) is 0 Å². The highest BCUT2D eigenvalue weighted by molar-refractivity contribution is 5.99. The largest absolute Gasteiger partial charge is 0.467 e. The van der Waals surface area contributed by atoms with Crippen molar-refractivity contribution in [2.45, 2.75) is 13.5 Å². The van der Waals surface area contributed by atoms with Gasteiger partial charge < -0.3 is 15.5 Å². The fraction of sp³-hybridized carbons (Fsp3) is 0.154. The van der Waals surface area contributed by atoms with Gasteiger partial charge >= 0.3 is 0 Å². The molecule has 1 heterocycles. The van der Waals surface area contributed by atoms with Crippen molar-refractivity contribution in [2.24, 2.45) is 0 Å². The molecule has 1 aromatic carbocycles. The minimum atomic E-state index is -0.192. The first-order chi connectivity index (χ1) is 8.16. The first kappa shape index (κ1) is 11.3. The number of carbonyl (C=O) groups is 1. The van der Waals surface area contributed by atoms with E-state index in [0.29, 0.717) is 23.6 Å². The third-order valence-corrected chi connectivity index (χ3v) is 2.46. The van der Waals surface area contributed by atoms with Crippen LogP contribution in [-0.4, -0.2) is 5.91 Å². The van der Waals surface area contributed by atoms with Gasteiger partial charge in [0, 0.05) is 5.69 Å². The van der Waals surface area contributed by atoms with E-state index in [1.165, 1.54) is 0 Å². The monoisotopic (exact) mass is 230 g/mol. The normalized spacial score (nSPS) is 10.2. The van der Waals surface area contributed by atoms with E-state index in [4.69, 9.17) is 10.2 Å². The van der Waals surface area contributed by atoms with E-state index in [1.807, 2.05) is 13.0 Å². The van der Waals surface area contributed by atoms with Crippen LogP contribution in [-0.2, 0) is 6.54 Å². The second-order valence-electron chi connectivity index (χ2n) is 3.85. The van der Waals surface area contributed by atoms with Crippen LogP contribution < -0.4 is 11.1 Å². The van der Waals surface area contributed by atoms with Crippen LogP contribution in [0.3, 0.4) is 0 Å². The van der Waals surface area contributed by atoms with E-state index < -0.39 is 0 Å². The lowest BCUT2D eigenvalue weighted by Crippen LogP contribution is -2.23. The third-order valence-electron chi connectivity index (χ3n) is 2.46. The molecule has 0 aliphatic rings. The second kappa shape index (κ2) is 4.74. The molecule has 0 aliphatic carbocycles. The maximum atomic E-state index is 11.9. The van der Waals surface area contributed by atoms with Crippen LogP contribution in [0.5, 0.6) is 0 Å². The number of carbonyl (C=O) groups excluding carboxylic acids is 1. The fourth-order valence-electron chi connectivity index (χ4n) is 1.54. The highest BCUT2D eigenvalue weighted by Crippen LogP contribution is 2.13. The number of benzene rings is 1. The number of nitrogen functional groups attached to an aromatic ring is 1. The Morgan fingerprint density at radius 2 is 2.24 bits per heavy atom. The molecule has 0 saturated carbocycles. The molecule has 0 spiro atoms. The summed E-state index contributed by atoms with van der Waals surface area (Å²) in [7, 11) is 0. The van der Waals surface area contributed by atoms with Gasteiger partial charge in [-0.15, -0.1) is 0 Å². The van der Waals surface area contributed by atoms with Gasteiger partial charge in [-0.3, -0.25) is 4.79 Å². The Bertz CT molecular complexity index is 518. The summed E-state index contributed by atoms with van der Waals surface area (Å²) in [5.74, 6) is 0.521. The van der Waals surface area contributed by atoms with E-state index >= 15 is 0 Å². The van der Waals surface area contributed by atoms with Gasteiger partial charge in [-0.05, 0) is 31.2 Å². The number of nitrogens with two attached hydrogens (primary N) is 1. The highest BCUT2D eigenvalue weighted by Gasteiger charge is 2.09. The highest BCUT2D eigenvalue weighted by atomic mass is 16.3. The van der Waals surface area contributed by atoms with Gasteiger partial charge in [-0.2, -0.15) is 0 Å². The molecule has 2 aromatic rings. The minimum absolute atomic E-state index is 0.192. The molecule has 0 unspecified atom stereocenters. The number of nitrogens with one attached hydrogen (secondary N) is 1. The minimum Gasteiger partial charge on any atom is -0.467 e. The van der Waals surface area contributed by atoms with Gasteiger partial charge in [-0.25, -0.2) is 0 Å². The van der Waals surface area contributed by atoms with Crippen molar-refractivity contribution in [1.82, 2.24) is 5.32 Å². The van der Waals surface area contributed by atoms with Gasteiger partial charge in [0.25, 0.3) is 5.91 Å². The van der Waals surface area contributed by atoms with Crippen molar-refractivity contribution >= 4 is 11.6 Å². The zero-order valence-electron chi connectivity index (χ0n) is 9.57. The van der Waals surface area contributed by atoms with Crippen molar-refractivity contribution in [1.29, 1.82) is 0 Å². The topological polar surface area (TPSA) is 68.3 Å². The number of aryl methyl sites for hydroxylation is 1. The molecule has 4 heteroatoms. The Labute approximate surface area is 99.4 Å². The molecule has 2 rings (SSSR count). The Hall–Kier alpha value is -2.23. The Balaban J connectivity index is 2.07. The molecular formula is C13H14N2O2. The average Bonchev–Trinajstić information content (AvgIpc) is 2.82. The van der Waals surface area contributed by atoms with E-state index in [1.54, 1.807) is 30.5 Å². The second-order valence-corrected chi connectivity index (χ2v) is 3.85. The molecule has 1 aromatic heterocycles. The number of amides is 1. The molecule has 0 saturated heterocycles. The van der Waals surface area contributed by atoms with Crippen molar-refractivity contribution in [3.8, 4) is 0 Å². The molecule has 0 fully saturated rings. The SMILES string of the molecule is Cc1ccc(N)c(C(=O)NCc2ccco2)c1. The number of hydrogen-bond acceptors (Lipinski definition) is 3. The summed E-state index contributed by atoms with van der Waals surface area (Å²) in [6, 6.07) is 8.96. The van der Waals surface area contributed by atoms with Crippen molar-refractivity contribution in [2.75, 3.05) is 5.73 Å². The van der Waals surface area contributed by atoms with Crippen LogP contribution in [0.4, 0.5) is 5.69 Å².